The second-order valence-electron chi connectivity index (χ2n) is 15.5. The Morgan fingerprint density at radius 2 is 1.11 bits per heavy atom. The van der Waals surface area contributed by atoms with Crippen molar-refractivity contribution in [2.45, 2.75) is 56.8 Å². The minimum atomic E-state index is -0.226. The van der Waals surface area contributed by atoms with Gasteiger partial charge in [-0.15, -0.1) is 0 Å². The van der Waals surface area contributed by atoms with Gasteiger partial charge in [0.2, 0.25) is 0 Å². The first kappa shape index (κ1) is 32.3. The first-order chi connectivity index (χ1) is 27.3. The number of fused-ring (bicyclic) bond motifs is 9. The molecule has 5 aliphatic carbocycles. The van der Waals surface area contributed by atoms with E-state index >= 15 is 0 Å². The topological polar surface area (TPSA) is 38.7 Å². The molecule has 3 nitrogen and oxygen atoms in total. The molecule has 5 aromatic carbocycles. The van der Waals surface area contributed by atoms with Crippen molar-refractivity contribution < 1.29 is 0 Å². The summed E-state index contributed by atoms with van der Waals surface area (Å²) in [5.74, 6) is 2.09. The number of allylic oxidation sites excluding steroid dienone is 10. The van der Waals surface area contributed by atoms with Crippen molar-refractivity contribution in [2.75, 3.05) is 0 Å². The van der Waals surface area contributed by atoms with Gasteiger partial charge in [-0.05, 0) is 130 Å². The monoisotopic (exact) mass is 707 g/mol. The van der Waals surface area contributed by atoms with Crippen LogP contribution in [0.25, 0.3) is 61.7 Å². The Hall–Kier alpha value is -6.19. The molecule has 0 saturated carbocycles. The molecule has 0 bridgehead atoms. The predicted molar refractivity (Wildman–Crippen MR) is 226 cm³/mol. The number of hydrogen-bond donors (Lipinski definition) is 0. The lowest BCUT2D eigenvalue weighted by Gasteiger charge is -2.36. The molecule has 0 amide bonds. The minimum Gasteiger partial charge on any atom is -0.208 e. The highest BCUT2D eigenvalue weighted by atomic mass is 15.0. The van der Waals surface area contributed by atoms with Gasteiger partial charge in [0.05, 0.1) is 5.41 Å². The van der Waals surface area contributed by atoms with E-state index < -0.39 is 0 Å². The van der Waals surface area contributed by atoms with Gasteiger partial charge in [-0.2, -0.15) is 0 Å². The van der Waals surface area contributed by atoms with Crippen LogP contribution in [-0.4, -0.2) is 15.0 Å². The zero-order valence-corrected chi connectivity index (χ0v) is 30.9. The van der Waals surface area contributed by atoms with Crippen molar-refractivity contribution in [1.29, 1.82) is 0 Å². The normalized spacial score (nSPS) is 19.3. The van der Waals surface area contributed by atoms with Gasteiger partial charge in [-0.25, -0.2) is 15.0 Å². The lowest BCUT2D eigenvalue weighted by Crippen LogP contribution is -2.29. The molecule has 3 heteroatoms. The van der Waals surface area contributed by atoms with Gasteiger partial charge in [-0.1, -0.05) is 140 Å². The Bertz CT molecular complexity index is 2710. The predicted octanol–water partition coefficient (Wildman–Crippen LogP) is 13.0. The second kappa shape index (κ2) is 13.0. The molecule has 0 fully saturated rings. The van der Waals surface area contributed by atoms with Crippen LogP contribution >= 0.6 is 0 Å². The summed E-state index contributed by atoms with van der Waals surface area (Å²) in [4.78, 5) is 15.1. The molecule has 1 spiro atoms. The van der Waals surface area contributed by atoms with Gasteiger partial charge in [0, 0.05) is 16.7 Å². The highest BCUT2D eigenvalue weighted by Gasteiger charge is 2.55. The van der Waals surface area contributed by atoms with Gasteiger partial charge in [0.15, 0.2) is 17.5 Å². The molecule has 55 heavy (non-hydrogen) atoms. The third-order valence-corrected chi connectivity index (χ3v) is 12.4. The van der Waals surface area contributed by atoms with E-state index in [9.17, 15) is 0 Å². The van der Waals surface area contributed by atoms with E-state index in [0.717, 1.165) is 60.2 Å². The largest absolute Gasteiger partial charge is 0.208 e. The molecule has 1 unspecified atom stereocenters. The number of aromatic nitrogens is 3. The first-order valence-electron chi connectivity index (χ1n) is 20.0. The average molecular weight is 708 g/mol. The lowest BCUT2D eigenvalue weighted by molar-refractivity contribution is 0.640. The maximum absolute atomic E-state index is 5.06. The highest BCUT2D eigenvalue weighted by molar-refractivity contribution is 6.03. The summed E-state index contributed by atoms with van der Waals surface area (Å²) < 4.78 is 0. The molecule has 1 heterocycles. The van der Waals surface area contributed by atoms with Crippen molar-refractivity contribution >= 4 is 16.7 Å². The van der Waals surface area contributed by atoms with Crippen molar-refractivity contribution in [3.63, 3.8) is 0 Å². The quantitative estimate of drug-likeness (QED) is 0.179. The van der Waals surface area contributed by atoms with Gasteiger partial charge >= 0.3 is 0 Å². The van der Waals surface area contributed by atoms with Crippen LogP contribution in [0.15, 0.2) is 163 Å². The number of nitrogens with zero attached hydrogens (tertiary/aromatic N) is 3. The summed E-state index contributed by atoms with van der Waals surface area (Å²) in [6.45, 7) is 0. The third-order valence-electron chi connectivity index (χ3n) is 12.4. The molecule has 264 valence electrons. The molecule has 0 N–H and O–H groups in total. The number of rotatable bonds is 5. The number of benzene rings is 5. The molecule has 0 saturated heterocycles. The smallest absolute Gasteiger partial charge is 0.164 e. The average Bonchev–Trinajstić information content (AvgIpc) is 3.74. The summed E-state index contributed by atoms with van der Waals surface area (Å²) in [6.07, 6.45) is 20.8. The zero-order chi connectivity index (χ0) is 36.3. The SMILES string of the molecule is C1=CC(c2nc(-c3ccccc3)nc(-c3cccc(-c4cccc(-c5cccc6c5C5(C7=CCCC=C76)C6=C(CCCC6)c6ccccc65)c4)c3)n2)=CCC1. The Labute approximate surface area is 323 Å². The first-order valence-corrected chi connectivity index (χ1v) is 20.0. The fourth-order valence-electron chi connectivity index (χ4n) is 10.1. The van der Waals surface area contributed by atoms with E-state index in [1.807, 2.05) is 18.2 Å². The van der Waals surface area contributed by atoms with E-state index in [4.69, 9.17) is 15.0 Å². The fraction of sp³-hybridized carbons (Fsp3) is 0.173. The standard InChI is InChI=1S/C52H41N3/c1-3-16-34(17-4-1)49-53-50(35-18-5-2-6-19-35)55-51(54-49)39-23-14-21-37(33-39)36-20-13-22-38(32-36)40-27-15-28-44-43-26-9-12-31-47(43)52(48(40)44)45-29-10-7-24-41(45)42-25-8-11-30-46(42)52/h1,3-5,7,10,13-24,26-29,31-33H,2,6,8-9,11-12,25,30H2. The van der Waals surface area contributed by atoms with E-state index in [2.05, 4.69) is 134 Å². The third kappa shape index (κ3) is 5.06. The van der Waals surface area contributed by atoms with Crippen LogP contribution in [0.4, 0.5) is 0 Å². The van der Waals surface area contributed by atoms with Crippen molar-refractivity contribution in [3.8, 4) is 45.0 Å². The molecule has 0 radical (unpaired) electrons. The Balaban J connectivity index is 1.05. The van der Waals surface area contributed by atoms with E-state index in [-0.39, 0.29) is 5.41 Å². The summed E-state index contributed by atoms with van der Waals surface area (Å²) in [6, 6.07) is 44.5. The molecule has 11 rings (SSSR count). The molecule has 1 aromatic heterocycles. The van der Waals surface area contributed by atoms with Crippen LogP contribution in [0.5, 0.6) is 0 Å². The zero-order valence-electron chi connectivity index (χ0n) is 30.9. The molecular formula is C52H41N3. The van der Waals surface area contributed by atoms with E-state index in [0.29, 0.717) is 11.6 Å². The Morgan fingerprint density at radius 3 is 1.96 bits per heavy atom. The van der Waals surface area contributed by atoms with E-state index in [1.54, 1.807) is 11.1 Å². The van der Waals surface area contributed by atoms with Crippen molar-refractivity contribution in [1.82, 2.24) is 15.0 Å². The highest BCUT2D eigenvalue weighted by Crippen LogP contribution is 2.67. The molecular weight excluding hydrogens is 667 g/mol. The minimum absolute atomic E-state index is 0.226. The van der Waals surface area contributed by atoms with Crippen LogP contribution < -0.4 is 0 Å². The Morgan fingerprint density at radius 1 is 0.473 bits per heavy atom. The number of hydrogen-bond acceptors (Lipinski definition) is 3. The second-order valence-corrected chi connectivity index (χ2v) is 15.5. The van der Waals surface area contributed by atoms with E-state index in [1.165, 1.54) is 69.4 Å². The molecule has 1 atom stereocenters. The van der Waals surface area contributed by atoms with Crippen LogP contribution in [-0.2, 0) is 5.41 Å². The summed E-state index contributed by atoms with van der Waals surface area (Å²) >= 11 is 0. The summed E-state index contributed by atoms with van der Waals surface area (Å²) in [5, 5.41) is 0. The van der Waals surface area contributed by atoms with Crippen molar-refractivity contribution in [3.05, 3.63) is 191 Å². The van der Waals surface area contributed by atoms with Crippen LogP contribution in [0.3, 0.4) is 0 Å². The van der Waals surface area contributed by atoms with Gasteiger partial charge in [0.1, 0.15) is 0 Å². The molecule has 5 aliphatic rings. The summed E-state index contributed by atoms with van der Waals surface area (Å²) in [7, 11) is 0. The van der Waals surface area contributed by atoms with Gasteiger partial charge in [-0.3, -0.25) is 0 Å². The van der Waals surface area contributed by atoms with Crippen molar-refractivity contribution in [2.24, 2.45) is 0 Å². The van der Waals surface area contributed by atoms with Crippen LogP contribution in [0.2, 0.25) is 0 Å². The Kier molecular flexibility index (Phi) is 7.62. The maximum atomic E-state index is 5.06. The lowest BCUT2D eigenvalue weighted by atomic mass is 9.65. The van der Waals surface area contributed by atoms with Gasteiger partial charge < -0.3 is 0 Å². The van der Waals surface area contributed by atoms with Crippen LogP contribution in [0.1, 0.15) is 79.4 Å². The fourth-order valence-corrected chi connectivity index (χ4v) is 10.1. The van der Waals surface area contributed by atoms with Gasteiger partial charge in [0.25, 0.3) is 0 Å². The molecule has 6 aromatic rings. The maximum Gasteiger partial charge on any atom is 0.164 e. The summed E-state index contributed by atoms with van der Waals surface area (Å²) in [5.41, 5.74) is 19.8. The molecule has 0 aliphatic heterocycles. The van der Waals surface area contributed by atoms with Crippen LogP contribution in [0, 0.1) is 0 Å².